The Morgan fingerprint density at radius 2 is 1.86 bits per heavy atom. The number of carbonyl (C=O) groups is 1. The summed E-state index contributed by atoms with van der Waals surface area (Å²) >= 11 is 0. The Labute approximate surface area is 164 Å². The lowest BCUT2D eigenvalue weighted by Gasteiger charge is -2.19. The number of rotatable bonds is 8. The van der Waals surface area contributed by atoms with Crippen LogP contribution in [0.15, 0.2) is 67.0 Å². The first-order valence-corrected chi connectivity index (χ1v) is 9.44. The largest absolute Gasteiger partial charge is 0.338 e. The third-order valence-electron chi connectivity index (χ3n) is 4.62. The first-order valence-electron chi connectivity index (χ1n) is 9.44. The van der Waals surface area contributed by atoms with Crippen molar-refractivity contribution in [1.82, 2.24) is 20.2 Å². The molecule has 5 nitrogen and oxygen atoms in total. The number of nitrogens with zero attached hydrogens (tertiary/aromatic N) is 2. The molecule has 0 saturated carbocycles. The molecule has 2 N–H and O–H groups in total. The van der Waals surface area contributed by atoms with E-state index in [1.165, 1.54) is 17.7 Å². The third kappa shape index (κ3) is 5.42. The van der Waals surface area contributed by atoms with Gasteiger partial charge in [-0.05, 0) is 42.5 Å². The van der Waals surface area contributed by atoms with Gasteiger partial charge in [-0.3, -0.25) is 0 Å². The number of amides is 2. The second-order valence-corrected chi connectivity index (χ2v) is 6.72. The van der Waals surface area contributed by atoms with Crippen molar-refractivity contribution in [2.24, 2.45) is 7.05 Å². The molecule has 0 unspecified atom stereocenters. The fourth-order valence-electron chi connectivity index (χ4n) is 3.09. The van der Waals surface area contributed by atoms with Crippen molar-refractivity contribution in [2.45, 2.75) is 25.3 Å². The minimum absolute atomic E-state index is 0.267. The summed E-state index contributed by atoms with van der Waals surface area (Å²) in [6.45, 7) is 0.593. The molecule has 146 valence electrons. The van der Waals surface area contributed by atoms with Gasteiger partial charge in [-0.25, -0.2) is 14.2 Å². The van der Waals surface area contributed by atoms with Gasteiger partial charge in [0.25, 0.3) is 0 Å². The van der Waals surface area contributed by atoms with Gasteiger partial charge in [0, 0.05) is 26.0 Å². The van der Waals surface area contributed by atoms with Crippen molar-refractivity contribution < 1.29 is 9.18 Å². The zero-order valence-electron chi connectivity index (χ0n) is 15.9. The Hall–Kier alpha value is -3.15. The van der Waals surface area contributed by atoms with E-state index in [-0.39, 0.29) is 11.8 Å². The van der Waals surface area contributed by atoms with Gasteiger partial charge in [-0.1, -0.05) is 42.5 Å². The van der Waals surface area contributed by atoms with Crippen LogP contribution in [0, 0.1) is 5.82 Å². The van der Waals surface area contributed by atoms with E-state index in [1.807, 2.05) is 36.0 Å². The van der Waals surface area contributed by atoms with Crippen molar-refractivity contribution >= 4 is 6.03 Å². The highest BCUT2D eigenvalue weighted by molar-refractivity contribution is 5.74. The van der Waals surface area contributed by atoms with Gasteiger partial charge in [0.05, 0.1) is 0 Å². The maximum atomic E-state index is 13.3. The van der Waals surface area contributed by atoms with Gasteiger partial charge in [0.15, 0.2) is 0 Å². The van der Waals surface area contributed by atoms with E-state index < -0.39 is 6.04 Å². The van der Waals surface area contributed by atoms with Gasteiger partial charge in [-0.15, -0.1) is 0 Å². The Bertz CT molecular complexity index is 877. The van der Waals surface area contributed by atoms with Gasteiger partial charge in [0.2, 0.25) is 0 Å². The van der Waals surface area contributed by atoms with E-state index in [0.717, 1.165) is 24.8 Å². The van der Waals surface area contributed by atoms with Crippen LogP contribution in [0.5, 0.6) is 0 Å². The third-order valence-corrected chi connectivity index (χ3v) is 4.62. The van der Waals surface area contributed by atoms with E-state index in [0.29, 0.717) is 12.4 Å². The van der Waals surface area contributed by atoms with Crippen LogP contribution >= 0.6 is 0 Å². The Balaban J connectivity index is 1.53. The van der Waals surface area contributed by atoms with E-state index in [9.17, 15) is 9.18 Å². The monoisotopic (exact) mass is 380 g/mol. The molecule has 3 rings (SSSR count). The minimum Gasteiger partial charge on any atom is -0.338 e. The predicted octanol–water partition coefficient (Wildman–Crippen LogP) is 3.97. The number of halogens is 1. The second-order valence-electron chi connectivity index (χ2n) is 6.72. The fourth-order valence-corrected chi connectivity index (χ4v) is 3.09. The minimum atomic E-state index is -0.454. The zero-order valence-corrected chi connectivity index (χ0v) is 15.9. The van der Waals surface area contributed by atoms with Gasteiger partial charge < -0.3 is 15.2 Å². The quantitative estimate of drug-likeness (QED) is 0.581. The molecular formula is C22H25FN4O. The van der Waals surface area contributed by atoms with E-state index in [1.54, 1.807) is 18.3 Å². The number of imidazole rings is 1. The van der Waals surface area contributed by atoms with Crippen LogP contribution < -0.4 is 10.6 Å². The van der Waals surface area contributed by atoms with Gasteiger partial charge in [0.1, 0.15) is 17.7 Å². The topological polar surface area (TPSA) is 59.0 Å². The Morgan fingerprint density at radius 1 is 1.11 bits per heavy atom. The maximum absolute atomic E-state index is 13.3. The van der Waals surface area contributed by atoms with Crippen molar-refractivity contribution in [1.29, 1.82) is 0 Å². The van der Waals surface area contributed by atoms with Crippen LogP contribution in [0.2, 0.25) is 0 Å². The average molecular weight is 380 g/mol. The molecule has 2 amide bonds. The normalized spacial score (nSPS) is 11.8. The summed E-state index contributed by atoms with van der Waals surface area (Å²) < 4.78 is 15.1. The van der Waals surface area contributed by atoms with Crippen LogP contribution in [0.25, 0.3) is 0 Å². The zero-order chi connectivity index (χ0) is 19.8. The molecule has 1 aromatic heterocycles. The number of aromatic nitrogens is 2. The summed E-state index contributed by atoms with van der Waals surface area (Å²) in [5, 5.41) is 5.85. The van der Waals surface area contributed by atoms with Crippen molar-refractivity contribution in [2.75, 3.05) is 6.54 Å². The number of urea groups is 1. The lowest BCUT2D eigenvalue weighted by molar-refractivity contribution is 0.238. The second kappa shape index (κ2) is 9.69. The number of aryl methyl sites for hydroxylation is 2. The predicted molar refractivity (Wildman–Crippen MR) is 107 cm³/mol. The van der Waals surface area contributed by atoms with Crippen molar-refractivity contribution in [3.8, 4) is 0 Å². The van der Waals surface area contributed by atoms with Crippen LogP contribution in [0.4, 0.5) is 9.18 Å². The molecule has 1 atom stereocenters. The molecule has 1 heterocycles. The number of benzene rings is 2. The molecule has 6 heteroatoms. The highest BCUT2D eigenvalue weighted by Crippen LogP contribution is 2.20. The van der Waals surface area contributed by atoms with Gasteiger partial charge in [-0.2, -0.15) is 0 Å². The van der Waals surface area contributed by atoms with E-state index in [4.69, 9.17) is 0 Å². The molecule has 0 spiro atoms. The molecular weight excluding hydrogens is 355 g/mol. The lowest BCUT2D eigenvalue weighted by atomic mass is 10.1. The Morgan fingerprint density at radius 3 is 2.54 bits per heavy atom. The fraction of sp³-hybridized carbons (Fsp3) is 0.273. The lowest BCUT2D eigenvalue weighted by Crippen LogP contribution is -2.39. The molecule has 0 aliphatic carbocycles. The summed E-state index contributed by atoms with van der Waals surface area (Å²) in [5.74, 6) is 0.371. The molecule has 0 saturated heterocycles. The average Bonchev–Trinajstić information content (AvgIpc) is 3.13. The molecule has 2 aromatic carbocycles. The standard InChI is InChI=1S/C22H25FN4O/c1-27-16-15-24-21(27)20(18-10-12-19(23)13-11-18)26-22(28)25-14-6-5-9-17-7-3-2-4-8-17/h2-4,7-8,10-13,15-16,20H,5-6,9,14H2,1H3,(H2,25,26,28)/t20-/m1/s1. The number of hydrogen-bond acceptors (Lipinski definition) is 2. The molecule has 0 fully saturated rings. The molecule has 0 radical (unpaired) electrons. The molecule has 0 aliphatic rings. The highest BCUT2D eigenvalue weighted by atomic mass is 19.1. The van der Waals surface area contributed by atoms with Crippen LogP contribution in [0.3, 0.4) is 0 Å². The first kappa shape index (κ1) is 19.6. The number of nitrogens with one attached hydrogen (secondary N) is 2. The van der Waals surface area contributed by atoms with Crippen molar-refractivity contribution in [3.63, 3.8) is 0 Å². The highest BCUT2D eigenvalue weighted by Gasteiger charge is 2.20. The number of carbonyl (C=O) groups excluding carboxylic acids is 1. The Kier molecular flexibility index (Phi) is 6.78. The summed E-state index contributed by atoms with van der Waals surface area (Å²) in [5.41, 5.74) is 2.08. The summed E-state index contributed by atoms with van der Waals surface area (Å²) in [7, 11) is 1.86. The SMILES string of the molecule is Cn1ccnc1[C@H](NC(=O)NCCCCc1ccccc1)c1ccc(F)cc1. The summed E-state index contributed by atoms with van der Waals surface area (Å²) in [6, 6.07) is 15.7. The molecule has 0 aliphatic heterocycles. The van der Waals surface area contributed by atoms with E-state index >= 15 is 0 Å². The number of hydrogen-bond donors (Lipinski definition) is 2. The molecule has 28 heavy (non-hydrogen) atoms. The summed E-state index contributed by atoms with van der Waals surface area (Å²) in [4.78, 5) is 16.7. The maximum Gasteiger partial charge on any atom is 0.315 e. The number of unbranched alkanes of at least 4 members (excludes halogenated alkanes) is 1. The molecule has 3 aromatic rings. The smallest absolute Gasteiger partial charge is 0.315 e. The van der Waals surface area contributed by atoms with Crippen LogP contribution in [-0.2, 0) is 13.5 Å². The van der Waals surface area contributed by atoms with Crippen LogP contribution in [-0.4, -0.2) is 22.1 Å². The molecule has 0 bridgehead atoms. The summed E-state index contributed by atoms with van der Waals surface area (Å²) in [6.07, 6.45) is 6.39. The van der Waals surface area contributed by atoms with E-state index in [2.05, 4.69) is 27.8 Å². The van der Waals surface area contributed by atoms with Crippen molar-refractivity contribution in [3.05, 3.63) is 89.8 Å². The van der Waals surface area contributed by atoms with Gasteiger partial charge >= 0.3 is 6.03 Å². The first-order chi connectivity index (χ1) is 13.6. The van der Waals surface area contributed by atoms with Crippen LogP contribution in [0.1, 0.15) is 35.8 Å².